The van der Waals surface area contributed by atoms with Gasteiger partial charge in [-0.2, -0.15) is 11.3 Å². The van der Waals surface area contributed by atoms with Crippen LogP contribution in [0, 0.1) is 0 Å². The van der Waals surface area contributed by atoms with Gasteiger partial charge in [0.1, 0.15) is 0 Å². The lowest BCUT2D eigenvalue weighted by atomic mass is 9.99. The Kier molecular flexibility index (Phi) is 3.38. The van der Waals surface area contributed by atoms with Gasteiger partial charge in [-0.25, -0.2) is 0 Å². The van der Waals surface area contributed by atoms with Crippen LogP contribution in [-0.2, 0) is 0 Å². The van der Waals surface area contributed by atoms with E-state index in [1.54, 1.807) is 11.3 Å². The predicted octanol–water partition coefficient (Wildman–Crippen LogP) is 3.29. The van der Waals surface area contributed by atoms with Crippen LogP contribution >= 0.6 is 11.3 Å². The van der Waals surface area contributed by atoms with Gasteiger partial charge >= 0.3 is 0 Å². The quantitative estimate of drug-likeness (QED) is 0.784. The summed E-state index contributed by atoms with van der Waals surface area (Å²) in [4.78, 5) is 0. The van der Waals surface area contributed by atoms with Gasteiger partial charge in [0.25, 0.3) is 0 Å². The summed E-state index contributed by atoms with van der Waals surface area (Å²) < 4.78 is 0. The highest BCUT2D eigenvalue weighted by Crippen LogP contribution is 2.15. The predicted molar refractivity (Wildman–Crippen MR) is 63.6 cm³/mol. The number of hydrogen-bond donors (Lipinski definition) is 1. The van der Waals surface area contributed by atoms with Crippen LogP contribution in [0.4, 0.5) is 0 Å². The van der Waals surface area contributed by atoms with E-state index in [9.17, 15) is 0 Å². The molecule has 0 aromatic carbocycles. The van der Waals surface area contributed by atoms with Crippen molar-refractivity contribution in [3.63, 3.8) is 0 Å². The lowest BCUT2D eigenvalue weighted by Crippen LogP contribution is -2.39. The van der Waals surface area contributed by atoms with E-state index >= 15 is 0 Å². The van der Waals surface area contributed by atoms with Crippen LogP contribution in [0.1, 0.15) is 31.7 Å². The average molecular weight is 207 g/mol. The number of nitrogens with one attached hydrogen (secondary N) is 1. The zero-order chi connectivity index (χ0) is 9.80. The molecule has 1 aliphatic heterocycles. The fourth-order valence-electron chi connectivity index (χ4n) is 1.92. The van der Waals surface area contributed by atoms with Crippen molar-refractivity contribution in [2.24, 2.45) is 0 Å². The summed E-state index contributed by atoms with van der Waals surface area (Å²) in [5.74, 6) is 0. The molecule has 0 radical (unpaired) electrons. The second kappa shape index (κ2) is 4.76. The third-order valence-electron chi connectivity index (χ3n) is 2.72. The molecule has 14 heavy (non-hydrogen) atoms. The Bertz CT molecular complexity index is 289. The minimum absolute atomic E-state index is 0.582. The molecule has 2 atom stereocenters. The molecule has 1 aliphatic rings. The molecule has 1 aromatic heterocycles. The van der Waals surface area contributed by atoms with E-state index in [-0.39, 0.29) is 0 Å². The summed E-state index contributed by atoms with van der Waals surface area (Å²) in [6.45, 7) is 2.27. The molecule has 0 spiro atoms. The standard InChI is InChI=1S/C12H17NS/c1-10-3-2-4-12(13-10)6-5-11-7-8-14-9-11/h5-10,12-13H,2-4H2,1H3/b6-5+. The Hall–Kier alpha value is -0.600. The number of piperidine rings is 1. The highest BCUT2D eigenvalue weighted by atomic mass is 32.1. The van der Waals surface area contributed by atoms with Crippen molar-refractivity contribution in [1.29, 1.82) is 0 Å². The van der Waals surface area contributed by atoms with Crippen LogP contribution < -0.4 is 5.32 Å². The number of rotatable bonds is 2. The smallest absolute Gasteiger partial charge is 0.0255 e. The second-order valence-electron chi connectivity index (χ2n) is 4.02. The van der Waals surface area contributed by atoms with Crippen LogP contribution in [0.15, 0.2) is 22.9 Å². The molecular weight excluding hydrogens is 190 g/mol. The van der Waals surface area contributed by atoms with E-state index in [1.807, 2.05) is 0 Å². The molecule has 0 aliphatic carbocycles. The topological polar surface area (TPSA) is 12.0 Å². The molecule has 2 heterocycles. The highest BCUT2D eigenvalue weighted by Gasteiger charge is 2.14. The van der Waals surface area contributed by atoms with Gasteiger partial charge in [0, 0.05) is 12.1 Å². The minimum Gasteiger partial charge on any atom is -0.308 e. The molecule has 0 bridgehead atoms. The molecular formula is C12H17NS. The summed E-state index contributed by atoms with van der Waals surface area (Å²) in [5.41, 5.74) is 1.33. The van der Waals surface area contributed by atoms with Gasteiger partial charge in [-0.3, -0.25) is 0 Å². The molecule has 2 unspecified atom stereocenters. The zero-order valence-electron chi connectivity index (χ0n) is 8.57. The van der Waals surface area contributed by atoms with Crippen molar-refractivity contribution in [3.8, 4) is 0 Å². The summed E-state index contributed by atoms with van der Waals surface area (Å²) >= 11 is 1.76. The Morgan fingerprint density at radius 1 is 1.50 bits per heavy atom. The van der Waals surface area contributed by atoms with Crippen molar-refractivity contribution >= 4 is 17.4 Å². The maximum Gasteiger partial charge on any atom is 0.0255 e. The summed E-state index contributed by atoms with van der Waals surface area (Å²) in [7, 11) is 0. The van der Waals surface area contributed by atoms with Gasteiger partial charge in [-0.1, -0.05) is 18.6 Å². The zero-order valence-corrected chi connectivity index (χ0v) is 9.39. The summed E-state index contributed by atoms with van der Waals surface area (Å²) in [5, 5.41) is 7.90. The monoisotopic (exact) mass is 207 g/mol. The van der Waals surface area contributed by atoms with E-state index in [2.05, 4.69) is 41.2 Å². The SMILES string of the molecule is CC1CCCC(/C=C/c2ccsc2)N1. The molecule has 1 saturated heterocycles. The Labute approximate surface area is 89.8 Å². The largest absolute Gasteiger partial charge is 0.308 e. The first-order chi connectivity index (χ1) is 6.84. The van der Waals surface area contributed by atoms with Gasteiger partial charge < -0.3 is 5.32 Å². The van der Waals surface area contributed by atoms with E-state index in [0.29, 0.717) is 12.1 Å². The maximum absolute atomic E-state index is 3.60. The number of hydrogen-bond acceptors (Lipinski definition) is 2. The van der Waals surface area contributed by atoms with Crippen LogP contribution in [0.3, 0.4) is 0 Å². The van der Waals surface area contributed by atoms with Crippen LogP contribution in [-0.4, -0.2) is 12.1 Å². The van der Waals surface area contributed by atoms with Gasteiger partial charge in [-0.05, 0) is 42.2 Å². The molecule has 1 aromatic rings. The minimum atomic E-state index is 0.582. The molecule has 0 saturated carbocycles. The summed E-state index contributed by atoms with van der Waals surface area (Å²) in [6, 6.07) is 3.42. The van der Waals surface area contributed by atoms with Crippen molar-refractivity contribution in [3.05, 3.63) is 28.5 Å². The molecule has 0 amide bonds. The first kappa shape index (κ1) is 9.94. The first-order valence-electron chi connectivity index (χ1n) is 5.31. The van der Waals surface area contributed by atoms with Crippen molar-refractivity contribution in [1.82, 2.24) is 5.32 Å². The van der Waals surface area contributed by atoms with Crippen molar-refractivity contribution < 1.29 is 0 Å². The Morgan fingerprint density at radius 2 is 2.43 bits per heavy atom. The second-order valence-corrected chi connectivity index (χ2v) is 4.80. The fourth-order valence-corrected chi connectivity index (χ4v) is 2.55. The van der Waals surface area contributed by atoms with E-state index in [0.717, 1.165) is 0 Å². The van der Waals surface area contributed by atoms with E-state index < -0.39 is 0 Å². The molecule has 76 valence electrons. The lowest BCUT2D eigenvalue weighted by Gasteiger charge is -2.26. The van der Waals surface area contributed by atoms with Gasteiger partial charge in [-0.15, -0.1) is 0 Å². The van der Waals surface area contributed by atoms with Crippen molar-refractivity contribution in [2.75, 3.05) is 0 Å². The highest BCUT2D eigenvalue weighted by molar-refractivity contribution is 7.08. The van der Waals surface area contributed by atoms with Crippen molar-refractivity contribution in [2.45, 2.75) is 38.3 Å². The van der Waals surface area contributed by atoms with E-state index in [4.69, 9.17) is 0 Å². The normalized spacial score (nSPS) is 28.4. The molecule has 1 N–H and O–H groups in total. The molecule has 2 rings (SSSR count). The third kappa shape index (κ3) is 2.69. The molecule has 2 heteroatoms. The third-order valence-corrected chi connectivity index (χ3v) is 3.42. The first-order valence-corrected chi connectivity index (χ1v) is 6.25. The Morgan fingerprint density at radius 3 is 3.14 bits per heavy atom. The van der Waals surface area contributed by atoms with Crippen LogP contribution in [0.2, 0.25) is 0 Å². The van der Waals surface area contributed by atoms with Crippen LogP contribution in [0.5, 0.6) is 0 Å². The molecule has 1 nitrogen and oxygen atoms in total. The number of thiophene rings is 1. The molecule has 1 fully saturated rings. The average Bonchev–Trinajstić information content (AvgIpc) is 2.67. The fraction of sp³-hybridized carbons (Fsp3) is 0.500. The Balaban J connectivity index is 1.90. The van der Waals surface area contributed by atoms with Crippen LogP contribution in [0.25, 0.3) is 6.08 Å². The van der Waals surface area contributed by atoms with Gasteiger partial charge in [0.2, 0.25) is 0 Å². The maximum atomic E-state index is 3.60. The van der Waals surface area contributed by atoms with Gasteiger partial charge in [0.05, 0.1) is 0 Å². The lowest BCUT2D eigenvalue weighted by molar-refractivity contribution is 0.375. The summed E-state index contributed by atoms with van der Waals surface area (Å²) in [6.07, 6.45) is 8.49. The van der Waals surface area contributed by atoms with Gasteiger partial charge in [0.15, 0.2) is 0 Å². The van der Waals surface area contributed by atoms with E-state index in [1.165, 1.54) is 24.8 Å².